The molecule has 0 aliphatic carbocycles. The van der Waals surface area contributed by atoms with E-state index in [2.05, 4.69) is 28.0 Å². The standard InChI is InChI=1S/C30H50N5O7Si/c1-25(2,3)29(38)16-30(43(13)14,40-19(29)15-39-26(4,5)6)34-18-33-20-21(34)31-17-32-22(20)35(23(36)41-27(7,8)9)24(37)42-28(10,11)12/h17-19,38H,15-16H2,1-14H3/t19-,29+,30+/m1/s1. The second-order valence-electron chi connectivity index (χ2n) is 15.4. The summed E-state index contributed by atoms with van der Waals surface area (Å²) < 4.78 is 25.9. The largest absolute Gasteiger partial charge is 0.443 e. The van der Waals surface area contributed by atoms with E-state index in [1.165, 1.54) is 6.33 Å². The van der Waals surface area contributed by atoms with Crippen molar-refractivity contribution < 1.29 is 33.6 Å². The van der Waals surface area contributed by atoms with Crippen molar-refractivity contribution in [1.29, 1.82) is 0 Å². The van der Waals surface area contributed by atoms with Gasteiger partial charge in [0.15, 0.2) is 17.0 Å². The second-order valence-corrected chi connectivity index (χ2v) is 18.2. The van der Waals surface area contributed by atoms with E-state index in [1.807, 2.05) is 41.5 Å². The Bertz CT molecular complexity index is 1310. The van der Waals surface area contributed by atoms with Gasteiger partial charge in [-0.2, -0.15) is 4.90 Å². The van der Waals surface area contributed by atoms with Gasteiger partial charge in [-0.1, -0.05) is 33.9 Å². The molecule has 1 aliphatic rings. The number of hydrogen-bond donors (Lipinski definition) is 1. The van der Waals surface area contributed by atoms with Crippen LogP contribution in [0, 0.1) is 5.41 Å². The Morgan fingerprint density at radius 3 is 1.93 bits per heavy atom. The first kappa shape index (κ1) is 34.9. The zero-order valence-electron chi connectivity index (χ0n) is 28.3. The van der Waals surface area contributed by atoms with Crippen LogP contribution in [0.2, 0.25) is 13.1 Å². The van der Waals surface area contributed by atoms with Crippen molar-refractivity contribution in [1.82, 2.24) is 19.5 Å². The zero-order chi connectivity index (χ0) is 33.0. The molecule has 1 saturated heterocycles. The summed E-state index contributed by atoms with van der Waals surface area (Å²) in [6.45, 7) is 26.4. The molecule has 13 heteroatoms. The van der Waals surface area contributed by atoms with E-state index in [-0.39, 0.29) is 24.4 Å². The Balaban J connectivity index is 2.21. The Hall–Kier alpha value is -2.61. The number of carbonyl (C=O) groups is 2. The van der Waals surface area contributed by atoms with E-state index < -0.39 is 60.3 Å². The van der Waals surface area contributed by atoms with Crippen LogP contribution in [0.4, 0.5) is 15.4 Å². The maximum Gasteiger partial charge on any atom is 0.425 e. The molecule has 2 aromatic heterocycles. The molecule has 3 heterocycles. The van der Waals surface area contributed by atoms with Gasteiger partial charge < -0.3 is 24.1 Å². The molecule has 2 amide bonds. The van der Waals surface area contributed by atoms with Crippen LogP contribution in [0.15, 0.2) is 12.7 Å². The highest BCUT2D eigenvalue weighted by molar-refractivity contribution is 6.58. The summed E-state index contributed by atoms with van der Waals surface area (Å²) in [6, 6.07) is 0. The van der Waals surface area contributed by atoms with E-state index in [1.54, 1.807) is 52.4 Å². The number of imide groups is 1. The van der Waals surface area contributed by atoms with E-state index in [9.17, 15) is 14.7 Å². The second kappa shape index (κ2) is 11.4. The first-order valence-corrected chi connectivity index (χ1v) is 17.1. The predicted molar refractivity (Wildman–Crippen MR) is 165 cm³/mol. The van der Waals surface area contributed by atoms with Crippen LogP contribution < -0.4 is 4.90 Å². The topological polar surface area (TPSA) is 138 Å². The summed E-state index contributed by atoms with van der Waals surface area (Å²) in [4.78, 5) is 41.0. The average molecular weight is 621 g/mol. The number of hydrogen-bond acceptors (Lipinski definition) is 10. The molecule has 0 spiro atoms. The lowest BCUT2D eigenvalue weighted by atomic mass is 9.72. The SMILES string of the molecule is C[Si](C)[C@]1(n2cnc3c(N(C(=O)OC(C)(C)C)C(=O)OC(C)(C)C)ncnc32)C[C@@](O)(C(C)(C)C)[C@@H](COC(C)(C)C)O1. The van der Waals surface area contributed by atoms with Gasteiger partial charge in [0.05, 0.1) is 18.5 Å². The normalized spacial score (nSPS) is 23.6. The van der Waals surface area contributed by atoms with Gasteiger partial charge in [0, 0.05) is 6.42 Å². The van der Waals surface area contributed by atoms with Crippen LogP contribution in [0.1, 0.15) is 89.5 Å². The van der Waals surface area contributed by atoms with Gasteiger partial charge in [-0.05, 0) is 67.7 Å². The van der Waals surface area contributed by atoms with Crippen molar-refractivity contribution >= 4 is 38.0 Å². The molecule has 1 radical (unpaired) electrons. The van der Waals surface area contributed by atoms with E-state index in [0.29, 0.717) is 5.65 Å². The molecule has 2 aromatic rings. The molecule has 1 N–H and O–H groups in total. The minimum atomic E-state index is -1.38. The third kappa shape index (κ3) is 7.38. The van der Waals surface area contributed by atoms with Crippen molar-refractivity contribution in [2.75, 3.05) is 11.5 Å². The minimum Gasteiger partial charge on any atom is -0.443 e. The minimum absolute atomic E-state index is 0.0833. The summed E-state index contributed by atoms with van der Waals surface area (Å²) in [5.74, 6) is -0.0833. The molecule has 43 heavy (non-hydrogen) atoms. The molecule has 3 rings (SSSR count). The first-order valence-electron chi connectivity index (χ1n) is 14.6. The van der Waals surface area contributed by atoms with Crippen LogP contribution in [-0.4, -0.2) is 80.7 Å². The number of anilines is 1. The van der Waals surface area contributed by atoms with Crippen LogP contribution in [0.5, 0.6) is 0 Å². The van der Waals surface area contributed by atoms with Gasteiger partial charge in [-0.3, -0.25) is 4.57 Å². The number of rotatable bonds is 5. The summed E-state index contributed by atoms with van der Waals surface area (Å²) in [7, 11) is -1.38. The van der Waals surface area contributed by atoms with E-state index >= 15 is 0 Å². The van der Waals surface area contributed by atoms with Crippen LogP contribution in [0.25, 0.3) is 11.2 Å². The molecular weight excluding hydrogens is 570 g/mol. The Morgan fingerprint density at radius 1 is 0.953 bits per heavy atom. The molecule has 0 aromatic carbocycles. The highest BCUT2D eigenvalue weighted by atomic mass is 28.3. The van der Waals surface area contributed by atoms with Gasteiger partial charge in [0.2, 0.25) is 0 Å². The number of fused-ring (bicyclic) bond motifs is 1. The van der Waals surface area contributed by atoms with Crippen molar-refractivity contribution in [2.45, 2.75) is 136 Å². The van der Waals surface area contributed by atoms with Gasteiger partial charge in [0.1, 0.15) is 43.4 Å². The van der Waals surface area contributed by atoms with Crippen molar-refractivity contribution in [2.24, 2.45) is 5.41 Å². The monoisotopic (exact) mass is 620 g/mol. The molecule has 0 unspecified atom stereocenters. The molecule has 241 valence electrons. The molecule has 0 bridgehead atoms. The fraction of sp³-hybridized carbons (Fsp3) is 0.767. The average Bonchev–Trinajstić information content (AvgIpc) is 3.35. The summed E-state index contributed by atoms with van der Waals surface area (Å²) >= 11 is 0. The molecule has 3 atom stereocenters. The number of nitrogens with zero attached hydrogens (tertiary/aromatic N) is 5. The van der Waals surface area contributed by atoms with Crippen molar-refractivity contribution in [3.63, 3.8) is 0 Å². The summed E-state index contributed by atoms with van der Waals surface area (Å²) in [5, 5.41) is 11.3. The first-order chi connectivity index (χ1) is 19.3. The third-order valence-electron chi connectivity index (χ3n) is 7.19. The lowest BCUT2D eigenvalue weighted by molar-refractivity contribution is -0.159. The fourth-order valence-electron chi connectivity index (χ4n) is 4.89. The highest BCUT2D eigenvalue weighted by Crippen LogP contribution is 2.52. The van der Waals surface area contributed by atoms with Gasteiger partial charge in [-0.25, -0.2) is 24.5 Å². The predicted octanol–water partition coefficient (Wildman–Crippen LogP) is 5.83. The maximum absolute atomic E-state index is 13.4. The van der Waals surface area contributed by atoms with E-state index in [4.69, 9.17) is 18.9 Å². The van der Waals surface area contributed by atoms with Crippen molar-refractivity contribution in [3.8, 4) is 0 Å². The molecular formula is C30H50N5O7Si. The van der Waals surface area contributed by atoms with Crippen molar-refractivity contribution in [3.05, 3.63) is 12.7 Å². The zero-order valence-corrected chi connectivity index (χ0v) is 29.3. The van der Waals surface area contributed by atoms with Crippen LogP contribution >= 0.6 is 0 Å². The Kier molecular flexibility index (Phi) is 9.24. The van der Waals surface area contributed by atoms with Crippen LogP contribution in [0.3, 0.4) is 0 Å². The molecule has 1 fully saturated rings. The number of aliphatic hydroxyl groups is 1. The summed E-state index contributed by atoms with van der Waals surface area (Å²) in [6.07, 6.45) is 0.522. The van der Waals surface area contributed by atoms with E-state index in [0.717, 1.165) is 4.90 Å². The molecule has 12 nitrogen and oxygen atoms in total. The Morgan fingerprint density at radius 2 is 1.49 bits per heavy atom. The van der Waals surface area contributed by atoms with Gasteiger partial charge in [0.25, 0.3) is 0 Å². The van der Waals surface area contributed by atoms with Crippen LogP contribution in [-0.2, 0) is 24.3 Å². The lowest BCUT2D eigenvalue weighted by Gasteiger charge is -2.41. The number of amides is 2. The third-order valence-corrected chi connectivity index (χ3v) is 9.29. The Labute approximate surface area is 257 Å². The van der Waals surface area contributed by atoms with Gasteiger partial charge in [-0.15, -0.1) is 0 Å². The highest BCUT2D eigenvalue weighted by Gasteiger charge is 2.62. The number of aromatic nitrogens is 4. The maximum atomic E-state index is 13.4. The summed E-state index contributed by atoms with van der Waals surface area (Å²) in [5.41, 5.74) is -3.52. The molecule has 1 aliphatic heterocycles. The lowest BCUT2D eigenvalue weighted by Crippen LogP contribution is -2.52. The number of ether oxygens (including phenoxy) is 4. The van der Waals surface area contributed by atoms with Gasteiger partial charge >= 0.3 is 12.2 Å². The fourth-order valence-corrected chi connectivity index (χ4v) is 6.54. The molecule has 0 saturated carbocycles. The quantitative estimate of drug-likeness (QED) is 0.406. The smallest absolute Gasteiger partial charge is 0.425 e. The number of imidazole rings is 1. The number of carbonyl (C=O) groups excluding carboxylic acids is 2.